The Morgan fingerprint density at radius 3 is 2.62 bits per heavy atom. The molecule has 1 heterocycles. The van der Waals surface area contributed by atoms with Crippen molar-refractivity contribution in [1.29, 1.82) is 0 Å². The first kappa shape index (κ1) is 13.0. The second-order valence-electron chi connectivity index (χ2n) is 3.20. The first-order valence-corrected chi connectivity index (χ1v) is 5.34. The fraction of sp³-hybridized carbons (Fsp3) is 0.0909. The lowest BCUT2D eigenvalue weighted by Gasteiger charge is -2.11. The van der Waals surface area contributed by atoms with Gasteiger partial charge in [0.15, 0.2) is 0 Å². The fourth-order valence-electron chi connectivity index (χ4n) is 1.39. The SMILES string of the molecule is Cl.N[C@@H](c1cccs1)c1ccc(O)cc1F. The largest absolute Gasteiger partial charge is 0.508 e. The number of nitrogens with two attached hydrogens (primary N) is 1. The van der Waals surface area contributed by atoms with E-state index in [1.54, 1.807) is 0 Å². The van der Waals surface area contributed by atoms with Crippen LogP contribution in [0.5, 0.6) is 5.75 Å². The Balaban J connectivity index is 0.00000128. The van der Waals surface area contributed by atoms with E-state index in [0.717, 1.165) is 10.9 Å². The first-order chi connectivity index (χ1) is 7.18. The molecule has 2 nitrogen and oxygen atoms in total. The average molecular weight is 260 g/mol. The lowest BCUT2D eigenvalue weighted by Crippen LogP contribution is -2.11. The Morgan fingerprint density at radius 2 is 2.06 bits per heavy atom. The Bertz CT molecular complexity index is 461. The van der Waals surface area contributed by atoms with E-state index in [4.69, 9.17) is 10.8 Å². The van der Waals surface area contributed by atoms with Crippen molar-refractivity contribution >= 4 is 23.7 Å². The van der Waals surface area contributed by atoms with E-state index in [9.17, 15) is 4.39 Å². The van der Waals surface area contributed by atoms with Gasteiger partial charge >= 0.3 is 0 Å². The molecular formula is C11H11ClFNOS. The van der Waals surface area contributed by atoms with Crippen molar-refractivity contribution in [3.05, 3.63) is 52.0 Å². The molecule has 16 heavy (non-hydrogen) atoms. The van der Waals surface area contributed by atoms with Gasteiger partial charge in [0.25, 0.3) is 0 Å². The van der Waals surface area contributed by atoms with Gasteiger partial charge in [-0.15, -0.1) is 23.7 Å². The van der Waals surface area contributed by atoms with Crippen LogP contribution in [0.4, 0.5) is 4.39 Å². The molecule has 0 aliphatic heterocycles. The maximum Gasteiger partial charge on any atom is 0.132 e. The zero-order chi connectivity index (χ0) is 10.8. The van der Waals surface area contributed by atoms with Gasteiger partial charge in [-0.1, -0.05) is 12.1 Å². The summed E-state index contributed by atoms with van der Waals surface area (Å²) in [6.45, 7) is 0. The van der Waals surface area contributed by atoms with Crippen LogP contribution in [0, 0.1) is 5.82 Å². The molecule has 0 fully saturated rings. The van der Waals surface area contributed by atoms with E-state index < -0.39 is 11.9 Å². The molecule has 0 unspecified atom stereocenters. The van der Waals surface area contributed by atoms with E-state index in [1.165, 1.54) is 23.5 Å². The zero-order valence-corrected chi connectivity index (χ0v) is 9.89. The van der Waals surface area contributed by atoms with Crippen molar-refractivity contribution < 1.29 is 9.50 Å². The highest BCUT2D eigenvalue weighted by atomic mass is 35.5. The first-order valence-electron chi connectivity index (χ1n) is 4.46. The predicted octanol–water partition coefficient (Wildman–Crippen LogP) is 3.06. The summed E-state index contributed by atoms with van der Waals surface area (Å²) in [6.07, 6.45) is 0. The molecule has 0 bridgehead atoms. The van der Waals surface area contributed by atoms with Crippen molar-refractivity contribution in [3.63, 3.8) is 0 Å². The highest BCUT2D eigenvalue weighted by molar-refractivity contribution is 7.10. The van der Waals surface area contributed by atoms with Crippen molar-refractivity contribution in [3.8, 4) is 5.75 Å². The maximum atomic E-state index is 13.5. The van der Waals surface area contributed by atoms with Crippen molar-refractivity contribution in [2.45, 2.75) is 6.04 Å². The van der Waals surface area contributed by atoms with Crippen LogP contribution in [0.2, 0.25) is 0 Å². The van der Waals surface area contributed by atoms with Crippen LogP contribution in [-0.4, -0.2) is 5.11 Å². The molecule has 0 spiro atoms. The maximum absolute atomic E-state index is 13.5. The minimum absolute atomic E-state index is 0. The summed E-state index contributed by atoms with van der Waals surface area (Å²) in [5, 5.41) is 11.0. The lowest BCUT2D eigenvalue weighted by atomic mass is 10.1. The normalized spacial score (nSPS) is 11.9. The summed E-state index contributed by atoms with van der Waals surface area (Å²) < 4.78 is 13.5. The minimum Gasteiger partial charge on any atom is -0.508 e. The predicted molar refractivity (Wildman–Crippen MR) is 65.7 cm³/mol. The third-order valence-electron chi connectivity index (χ3n) is 2.17. The van der Waals surface area contributed by atoms with Crippen molar-refractivity contribution in [2.75, 3.05) is 0 Å². The summed E-state index contributed by atoms with van der Waals surface area (Å²) in [5.41, 5.74) is 6.30. The minimum atomic E-state index is -0.476. The van der Waals surface area contributed by atoms with E-state index in [-0.39, 0.29) is 18.2 Å². The number of phenols is 1. The third-order valence-corrected chi connectivity index (χ3v) is 3.12. The molecule has 1 aromatic heterocycles. The smallest absolute Gasteiger partial charge is 0.132 e. The van der Waals surface area contributed by atoms with Gasteiger partial charge in [-0.2, -0.15) is 0 Å². The van der Waals surface area contributed by atoms with Gasteiger partial charge in [0.2, 0.25) is 0 Å². The van der Waals surface area contributed by atoms with Crippen LogP contribution in [0.3, 0.4) is 0 Å². The van der Waals surface area contributed by atoms with E-state index in [2.05, 4.69) is 0 Å². The summed E-state index contributed by atoms with van der Waals surface area (Å²) in [7, 11) is 0. The van der Waals surface area contributed by atoms with Crippen LogP contribution in [0.15, 0.2) is 35.7 Å². The fourth-order valence-corrected chi connectivity index (χ4v) is 2.13. The number of aromatic hydroxyl groups is 1. The number of benzene rings is 1. The average Bonchev–Trinajstić information content (AvgIpc) is 2.69. The molecule has 0 aliphatic carbocycles. The number of rotatable bonds is 2. The van der Waals surface area contributed by atoms with E-state index in [1.807, 2.05) is 17.5 Å². The summed E-state index contributed by atoms with van der Waals surface area (Å²) in [6, 6.07) is 7.29. The Morgan fingerprint density at radius 1 is 1.31 bits per heavy atom. The highest BCUT2D eigenvalue weighted by Crippen LogP contribution is 2.27. The van der Waals surface area contributed by atoms with Crippen LogP contribution in [0.25, 0.3) is 0 Å². The van der Waals surface area contributed by atoms with Crippen LogP contribution < -0.4 is 5.73 Å². The molecular weight excluding hydrogens is 249 g/mol. The lowest BCUT2D eigenvalue weighted by molar-refractivity contribution is 0.467. The number of hydrogen-bond donors (Lipinski definition) is 2. The molecule has 86 valence electrons. The Hall–Kier alpha value is -1.10. The second kappa shape index (κ2) is 5.30. The molecule has 2 rings (SSSR count). The van der Waals surface area contributed by atoms with Gasteiger partial charge in [-0.25, -0.2) is 4.39 Å². The molecule has 1 atom stereocenters. The zero-order valence-electron chi connectivity index (χ0n) is 8.26. The molecule has 5 heteroatoms. The molecule has 0 saturated carbocycles. The Kier molecular flexibility index (Phi) is 4.29. The Labute approximate surface area is 103 Å². The van der Waals surface area contributed by atoms with Crippen molar-refractivity contribution in [2.24, 2.45) is 5.73 Å². The molecule has 0 saturated heterocycles. The highest BCUT2D eigenvalue weighted by Gasteiger charge is 2.14. The van der Waals surface area contributed by atoms with Gasteiger partial charge in [0, 0.05) is 16.5 Å². The number of hydrogen-bond acceptors (Lipinski definition) is 3. The van der Waals surface area contributed by atoms with Gasteiger partial charge in [0.1, 0.15) is 11.6 Å². The van der Waals surface area contributed by atoms with E-state index in [0.29, 0.717) is 5.56 Å². The van der Waals surface area contributed by atoms with Gasteiger partial charge < -0.3 is 10.8 Å². The van der Waals surface area contributed by atoms with Crippen LogP contribution in [-0.2, 0) is 0 Å². The van der Waals surface area contributed by atoms with Gasteiger partial charge in [-0.3, -0.25) is 0 Å². The molecule has 0 radical (unpaired) electrons. The monoisotopic (exact) mass is 259 g/mol. The van der Waals surface area contributed by atoms with Gasteiger partial charge in [0.05, 0.1) is 6.04 Å². The van der Waals surface area contributed by atoms with Crippen LogP contribution in [0.1, 0.15) is 16.5 Å². The van der Waals surface area contributed by atoms with Gasteiger partial charge in [-0.05, 0) is 17.5 Å². The number of phenolic OH excluding ortho intramolecular Hbond substituents is 1. The molecule has 2 aromatic rings. The number of thiophene rings is 1. The molecule has 1 aromatic carbocycles. The molecule has 0 aliphatic rings. The van der Waals surface area contributed by atoms with Crippen LogP contribution >= 0.6 is 23.7 Å². The third kappa shape index (κ3) is 2.52. The standard InChI is InChI=1S/C11H10FNOS.ClH/c12-9-6-7(14)3-4-8(9)11(13)10-2-1-5-15-10;/h1-6,11,14H,13H2;1H/t11-;/m1./s1. The second-order valence-corrected chi connectivity index (χ2v) is 4.18. The quantitative estimate of drug-likeness (QED) is 0.871. The summed E-state index contributed by atoms with van der Waals surface area (Å²) >= 11 is 1.48. The molecule has 3 N–H and O–H groups in total. The van der Waals surface area contributed by atoms with Crippen molar-refractivity contribution in [1.82, 2.24) is 0 Å². The number of halogens is 2. The molecule has 0 amide bonds. The summed E-state index contributed by atoms with van der Waals surface area (Å²) in [5.74, 6) is -0.564. The summed E-state index contributed by atoms with van der Waals surface area (Å²) in [4.78, 5) is 0.902. The van der Waals surface area contributed by atoms with E-state index >= 15 is 0 Å². The topological polar surface area (TPSA) is 46.2 Å².